The number of aromatic amines is 1. The highest BCUT2D eigenvalue weighted by molar-refractivity contribution is 7.89. The molecule has 9 heteroatoms. The summed E-state index contributed by atoms with van der Waals surface area (Å²) in [6.45, 7) is 1.25. The topological polar surface area (TPSA) is 93.1 Å². The van der Waals surface area contributed by atoms with Crippen molar-refractivity contribution in [3.05, 3.63) is 47.0 Å². The van der Waals surface area contributed by atoms with Gasteiger partial charge in [0.25, 0.3) is 0 Å². The number of halogens is 1. The predicted molar refractivity (Wildman–Crippen MR) is 88.9 cm³/mol. The molecule has 1 aliphatic heterocycles. The van der Waals surface area contributed by atoms with E-state index in [9.17, 15) is 8.42 Å². The van der Waals surface area contributed by atoms with Gasteiger partial charge in [-0.25, -0.2) is 13.4 Å². The monoisotopic (exact) mass is 365 g/mol. The Bertz CT molecular complexity index is 876. The summed E-state index contributed by atoms with van der Waals surface area (Å²) in [5.41, 5.74) is 0.148. The Hall–Kier alpha value is -1.92. The average molecular weight is 366 g/mol. The van der Waals surface area contributed by atoms with Gasteiger partial charge in [-0.1, -0.05) is 11.6 Å². The summed E-state index contributed by atoms with van der Waals surface area (Å²) in [6.07, 6.45) is 3.37. The summed E-state index contributed by atoms with van der Waals surface area (Å²) in [7, 11) is -1.77. The molecule has 1 aliphatic rings. The van der Waals surface area contributed by atoms with Gasteiger partial charge in [-0.05, 0) is 25.2 Å². The van der Waals surface area contributed by atoms with Crippen LogP contribution in [0.3, 0.4) is 0 Å². The zero-order valence-electron chi connectivity index (χ0n) is 13.0. The lowest BCUT2D eigenvalue weighted by molar-refractivity contribution is 0.142. The van der Waals surface area contributed by atoms with Gasteiger partial charge in [0.05, 0.1) is 21.5 Å². The molecule has 3 rings (SSSR count). The van der Waals surface area contributed by atoms with E-state index >= 15 is 0 Å². The van der Waals surface area contributed by atoms with Crippen LogP contribution in [0.4, 0.5) is 0 Å². The molecule has 1 atom stereocenters. The van der Waals surface area contributed by atoms with E-state index in [0.717, 1.165) is 5.82 Å². The van der Waals surface area contributed by atoms with Crippen molar-refractivity contribution in [1.29, 1.82) is 5.26 Å². The second-order valence-electron chi connectivity index (χ2n) is 5.59. The number of H-pyrrole nitrogens is 1. The second kappa shape index (κ2) is 6.53. The van der Waals surface area contributed by atoms with E-state index in [1.54, 1.807) is 12.4 Å². The Kier molecular flexibility index (Phi) is 4.60. The number of hydrogen-bond acceptors (Lipinski definition) is 5. The highest BCUT2D eigenvalue weighted by Gasteiger charge is 2.34. The van der Waals surface area contributed by atoms with Gasteiger partial charge in [-0.2, -0.15) is 9.57 Å². The maximum Gasteiger partial charge on any atom is 0.243 e. The first kappa shape index (κ1) is 16.9. The van der Waals surface area contributed by atoms with Gasteiger partial charge in [0, 0.05) is 32.0 Å². The average Bonchev–Trinajstić information content (AvgIpc) is 3.09. The molecule has 0 saturated carbocycles. The third-order valence-corrected chi connectivity index (χ3v) is 6.33. The number of sulfonamides is 1. The molecule has 0 bridgehead atoms. The Balaban J connectivity index is 1.91. The zero-order valence-corrected chi connectivity index (χ0v) is 14.5. The van der Waals surface area contributed by atoms with Gasteiger partial charge in [-0.15, -0.1) is 0 Å². The Labute approximate surface area is 145 Å². The number of nitrogens with zero attached hydrogens (tertiary/aromatic N) is 4. The van der Waals surface area contributed by atoms with Crippen LogP contribution in [0.25, 0.3) is 0 Å². The predicted octanol–water partition coefficient (Wildman–Crippen LogP) is 1.61. The van der Waals surface area contributed by atoms with Crippen LogP contribution in [0, 0.1) is 11.3 Å². The summed E-state index contributed by atoms with van der Waals surface area (Å²) < 4.78 is 27.2. The van der Waals surface area contributed by atoms with Gasteiger partial charge in [0.1, 0.15) is 11.9 Å². The van der Waals surface area contributed by atoms with Gasteiger partial charge < -0.3 is 4.98 Å². The van der Waals surface area contributed by atoms with E-state index in [4.69, 9.17) is 16.9 Å². The summed E-state index contributed by atoms with van der Waals surface area (Å²) >= 11 is 5.89. The molecule has 126 valence electrons. The highest BCUT2D eigenvalue weighted by Crippen LogP contribution is 2.27. The minimum Gasteiger partial charge on any atom is -0.347 e. The van der Waals surface area contributed by atoms with Crippen LogP contribution in [-0.4, -0.2) is 54.3 Å². The minimum atomic E-state index is -3.70. The number of benzene rings is 1. The lowest BCUT2D eigenvalue weighted by Gasteiger charge is -2.37. The molecule has 1 fully saturated rings. The fourth-order valence-corrected chi connectivity index (χ4v) is 4.35. The molecule has 2 aromatic rings. The van der Waals surface area contributed by atoms with Crippen molar-refractivity contribution in [1.82, 2.24) is 19.2 Å². The van der Waals surface area contributed by atoms with E-state index in [0.29, 0.717) is 13.1 Å². The number of imidazole rings is 1. The molecule has 1 aromatic heterocycles. The number of rotatable bonds is 3. The molecule has 0 unspecified atom stereocenters. The van der Waals surface area contributed by atoms with Crippen molar-refractivity contribution in [2.24, 2.45) is 0 Å². The lowest BCUT2D eigenvalue weighted by Crippen LogP contribution is -2.49. The van der Waals surface area contributed by atoms with Crippen molar-refractivity contribution in [3.63, 3.8) is 0 Å². The number of nitriles is 1. The van der Waals surface area contributed by atoms with Crippen molar-refractivity contribution in [2.45, 2.75) is 10.9 Å². The molecule has 1 aromatic carbocycles. The van der Waals surface area contributed by atoms with Gasteiger partial charge in [0.15, 0.2) is 0 Å². The third-order valence-electron chi connectivity index (χ3n) is 4.14. The van der Waals surface area contributed by atoms with Crippen molar-refractivity contribution in [3.8, 4) is 6.07 Å². The summed E-state index contributed by atoms with van der Waals surface area (Å²) in [5, 5.41) is 9.30. The number of nitrogens with one attached hydrogen (secondary N) is 1. The first-order chi connectivity index (χ1) is 11.4. The molecule has 1 N–H and O–H groups in total. The Morgan fingerprint density at radius 3 is 2.88 bits per heavy atom. The smallest absolute Gasteiger partial charge is 0.243 e. The first-order valence-corrected chi connectivity index (χ1v) is 9.14. The number of hydrogen-bond donors (Lipinski definition) is 1. The number of aromatic nitrogens is 2. The molecule has 1 saturated heterocycles. The normalized spacial score (nSPS) is 20.0. The summed E-state index contributed by atoms with van der Waals surface area (Å²) in [5.74, 6) is 0.728. The molecule has 0 amide bonds. The molecular formula is C15H16ClN5O2S. The van der Waals surface area contributed by atoms with Gasteiger partial charge in [0.2, 0.25) is 10.0 Å². The van der Waals surface area contributed by atoms with Crippen molar-refractivity contribution in [2.75, 3.05) is 26.7 Å². The van der Waals surface area contributed by atoms with E-state index < -0.39 is 10.0 Å². The fourth-order valence-electron chi connectivity index (χ4n) is 2.72. The SMILES string of the molecule is CN1CCN(S(=O)(=O)c2ccc(Cl)c(C#N)c2)C[C@H]1c1ncc[nH]1. The van der Waals surface area contributed by atoms with E-state index in [1.807, 2.05) is 13.1 Å². The number of piperazine rings is 1. The highest BCUT2D eigenvalue weighted by atomic mass is 35.5. The quantitative estimate of drug-likeness (QED) is 0.891. The van der Waals surface area contributed by atoms with E-state index in [1.165, 1.54) is 22.5 Å². The van der Waals surface area contributed by atoms with Crippen molar-refractivity contribution < 1.29 is 8.42 Å². The van der Waals surface area contributed by atoms with E-state index in [-0.39, 0.29) is 28.1 Å². The largest absolute Gasteiger partial charge is 0.347 e. The molecule has 0 spiro atoms. The zero-order chi connectivity index (χ0) is 17.3. The van der Waals surface area contributed by atoms with Crippen molar-refractivity contribution >= 4 is 21.6 Å². The third kappa shape index (κ3) is 3.03. The summed E-state index contributed by atoms with van der Waals surface area (Å²) in [6, 6.07) is 5.95. The fraction of sp³-hybridized carbons (Fsp3) is 0.333. The summed E-state index contributed by atoms with van der Waals surface area (Å²) in [4.78, 5) is 9.42. The first-order valence-electron chi connectivity index (χ1n) is 7.33. The van der Waals surface area contributed by atoms with E-state index in [2.05, 4.69) is 14.9 Å². The molecule has 0 aliphatic carbocycles. The molecule has 24 heavy (non-hydrogen) atoms. The van der Waals surface area contributed by atoms with Crippen LogP contribution < -0.4 is 0 Å². The molecule has 7 nitrogen and oxygen atoms in total. The Morgan fingerprint density at radius 2 is 2.21 bits per heavy atom. The van der Waals surface area contributed by atoms with Crippen LogP contribution in [0.15, 0.2) is 35.5 Å². The Morgan fingerprint density at radius 1 is 1.42 bits per heavy atom. The maximum absolute atomic E-state index is 12.9. The lowest BCUT2D eigenvalue weighted by atomic mass is 10.2. The van der Waals surface area contributed by atoms with Crippen LogP contribution in [0.1, 0.15) is 17.4 Å². The van der Waals surface area contributed by atoms with Gasteiger partial charge in [-0.3, -0.25) is 4.90 Å². The molecule has 2 heterocycles. The molecular weight excluding hydrogens is 350 g/mol. The van der Waals surface area contributed by atoms with Crippen LogP contribution in [-0.2, 0) is 10.0 Å². The van der Waals surface area contributed by atoms with Crippen LogP contribution in [0.5, 0.6) is 0 Å². The second-order valence-corrected chi connectivity index (χ2v) is 7.93. The van der Waals surface area contributed by atoms with Gasteiger partial charge >= 0.3 is 0 Å². The van der Waals surface area contributed by atoms with Crippen LogP contribution in [0.2, 0.25) is 5.02 Å². The minimum absolute atomic E-state index is 0.0752. The standard InChI is InChI=1S/C15H16ClN5O2S/c1-20-6-7-21(10-14(20)15-18-4-5-19-15)24(22,23)12-2-3-13(16)11(8-12)9-17/h2-5,8,14H,6-7,10H2,1H3,(H,18,19)/t14-/m0/s1. The molecule has 0 radical (unpaired) electrons. The number of likely N-dealkylation sites (N-methyl/N-ethyl adjacent to an activating group) is 1. The van der Waals surface area contributed by atoms with Crippen LogP contribution >= 0.6 is 11.6 Å². The maximum atomic E-state index is 12.9.